The zero-order valence-corrected chi connectivity index (χ0v) is 9.81. The van der Waals surface area contributed by atoms with Crippen molar-refractivity contribution in [1.82, 2.24) is 0 Å². The average molecular weight is 221 g/mol. The molecule has 0 heterocycles. The van der Waals surface area contributed by atoms with Crippen molar-refractivity contribution < 1.29 is 9.90 Å². The van der Waals surface area contributed by atoms with E-state index in [1.807, 2.05) is 31.2 Å². The molecule has 88 valence electrons. The highest BCUT2D eigenvalue weighted by Gasteiger charge is 2.15. The third-order valence-corrected chi connectivity index (χ3v) is 2.70. The largest absolute Gasteiger partial charge is 0.481 e. The lowest BCUT2D eigenvalue weighted by atomic mass is 9.96. The molecule has 1 aromatic carbocycles. The molecule has 0 amide bonds. The van der Waals surface area contributed by atoms with Gasteiger partial charge in [0.2, 0.25) is 0 Å². The summed E-state index contributed by atoms with van der Waals surface area (Å²) < 4.78 is 0. The normalized spacial score (nSPS) is 14.4. The average Bonchev–Trinajstić information content (AvgIpc) is 2.21. The van der Waals surface area contributed by atoms with Gasteiger partial charge in [-0.15, -0.1) is 0 Å². The molecule has 3 heteroatoms. The van der Waals surface area contributed by atoms with E-state index < -0.39 is 5.97 Å². The van der Waals surface area contributed by atoms with Crippen molar-refractivity contribution in [2.45, 2.75) is 32.7 Å². The second-order valence-electron chi connectivity index (χ2n) is 4.42. The van der Waals surface area contributed by atoms with E-state index in [2.05, 4.69) is 0 Å². The Morgan fingerprint density at radius 3 is 2.44 bits per heavy atom. The van der Waals surface area contributed by atoms with Gasteiger partial charge in [0, 0.05) is 6.04 Å². The molecule has 2 atom stereocenters. The van der Waals surface area contributed by atoms with Gasteiger partial charge in [-0.3, -0.25) is 4.79 Å². The lowest BCUT2D eigenvalue weighted by Gasteiger charge is -2.14. The third kappa shape index (κ3) is 4.03. The van der Waals surface area contributed by atoms with Gasteiger partial charge in [-0.2, -0.15) is 0 Å². The third-order valence-electron chi connectivity index (χ3n) is 2.70. The number of aryl methyl sites for hydroxylation is 1. The molecule has 0 saturated carbocycles. The van der Waals surface area contributed by atoms with Gasteiger partial charge in [0.1, 0.15) is 0 Å². The molecule has 0 bridgehead atoms. The van der Waals surface area contributed by atoms with Gasteiger partial charge in [-0.1, -0.05) is 36.8 Å². The Labute approximate surface area is 96.3 Å². The van der Waals surface area contributed by atoms with Crippen LogP contribution in [0.5, 0.6) is 0 Å². The van der Waals surface area contributed by atoms with Crippen LogP contribution in [0, 0.1) is 12.8 Å². The van der Waals surface area contributed by atoms with Crippen molar-refractivity contribution in [2.75, 3.05) is 0 Å². The molecule has 0 aliphatic rings. The lowest BCUT2D eigenvalue weighted by Crippen LogP contribution is -2.28. The molecule has 3 N–H and O–H groups in total. The number of rotatable bonds is 5. The summed E-state index contributed by atoms with van der Waals surface area (Å²) in [6, 6.07) is 8.08. The van der Waals surface area contributed by atoms with E-state index in [1.54, 1.807) is 6.92 Å². The first-order chi connectivity index (χ1) is 7.49. The highest BCUT2D eigenvalue weighted by Crippen LogP contribution is 2.11. The van der Waals surface area contributed by atoms with E-state index >= 15 is 0 Å². The first-order valence-electron chi connectivity index (χ1n) is 5.53. The molecular formula is C13H19NO2. The van der Waals surface area contributed by atoms with E-state index in [0.717, 1.165) is 12.0 Å². The zero-order chi connectivity index (χ0) is 12.1. The summed E-state index contributed by atoms with van der Waals surface area (Å²) >= 11 is 0. The molecule has 0 spiro atoms. The molecule has 0 aliphatic carbocycles. The van der Waals surface area contributed by atoms with Crippen molar-refractivity contribution in [1.29, 1.82) is 0 Å². The molecule has 1 rings (SSSR count). The molecule has 0 aliphatic heterocycles. The van der Waals surface area contributed by atoms with Crippen LogP contribution in [0.15, 0.2) is 24.3 Å². The Kier molecular flexibility index (Phi) is 4.50. The van der Waals surface area contributed by atoms with E-state index in [0.29, 0.717) is 6.42 Å². The van der Waals surface area contributed by atoms with Gasteiger partial charge in [0.15, 0.2) is 0 Å². The van der Waals surface area contributed by atoms with Crippen molar-refractivity contribution in [2.24, 2.45) is 11.7 Å². The molecule has 0 saturated heterocycles. The predicted octanol–water partition coefficient (Wildman–Crippen LogP) is 1.98. The highest BCUT2D eigenvalue weighted by molar-refractivity contribution is 5.69. The smallest absolute Gasteiger partial charge is 0.306 e. The number of aliphatic carboxylic acids is 1. The van der Waals surface area contributed by atoms with Gasteiger partial charge >= 0.3 is 5.97 Å². The second-order valence-corrected chi connectivity index (χ2v) is 4.42. The van der Waals surface area contributed by atoms with Crippen LogP contribution in [0.1, 0.15) is 24.5 Å². The maximum absolute atomic E-state index is 10.7. The fourth-order valence-corrected chi connectivity index (χ4v) is 1.67. The summed E-state index contributed by atoms with van der Waals surface area (Å²) in [5.41, 5.74) is 8.30. The number of carboxylic acid groups (broad SMARTS) is 1. The Balaban J connectivity index is 2.48. The summed E-state index contributed by atoms with van der Waals surface area (Å²) in [5.74, 6) is -1.15. The predicted molar refractivity (Wildman–Crippen MR) is 64.3 cm³/mol. The number of hydrogen-bond acceptors (Lipinski definition) is 2. The van der Waals surface area contributed by atoms with E-state index in [1.165, 1.54) is 5.56 Å². The van der Waals surface area contributed by atoms with Crippen LogP contribution in [0.2, 0.25) is 0 Å². The second kappa shape index (κ2) is 5.66. The first kappa shape index (κ1) is 12.7. The minimum atomic E-state index is -0.778. The van der Waals surface area contributed by atoms with Gasteiger partial charge in [0.05, 0.1) is 5.92 Å². The van der Waals surface area contributed by atoms with Gasteiger partial charge < -0.3 is 10.8 Å². The molecule has 3 nitrogen and oxygen atoms in total. The van der Waals surface area contributed by atoms with Crippen LogP contribution in [0.4, 0.5) is 0 Å². The van der Waals surface area contributed by atoms with Gasteiger partial charge in [-0.05, 0) is 25.3 Å². The molecule has 1 aromatic rings. The van der Waals surface area contributed by atoms with E-state index in [9.17, 15) is 4.79 Å². The molecule has 16 heavy (non-hydrogen) atoms. The number of nitrogens with two attached hydrogens (primary N) is 1. The maximum Gasteiger partial charge on any atom is 0.306 e. The Hall–Kier alpha value is -1.35. The summed E-state index contributed by atoms with van der Waals surface area (Å²) in [6.45, 7) is 3.73. The topological polar surface area (TPSA) is 63.3 Å². The van der Waals surface area contributed by atoms with Crippen LogP contribution in [0.3, 0.4) is 0 Å². The zero-order valence-electron chi connectivity index (χ0n) is 9.81. The molecule has 0 radical (unpaired) electrons. The van der Waals surface area contributed by atoms with Gasteiger partial charge in [-0.25, -0.2) is 0 Å². The first-order valence-corrected chi connectivity index (χ1v) is 5.53. The molecular weight excluding hydrogens is 202 g/mol. The fraction of sp³-hybridized carbons (Fsp3) is 0.462. The summed E-state index contributed by atoms with van der Waals surface area (Å²) in [7, 11) is 0. The van der Waals surface area contributed by atoms with E-state index in [-0.39, 0.29) is 12.0 Å². The number of carbonyl (C=O) groups is 1. The van der Waals surface area contributed by atoms with Crippen LogP contribution in [0.25, 0.3) is 0 Å². The maximum atomic E-state index is 10.7. The summed E-state index contributed by atoms with van der Waals surface area (Å²) in [6.07, 6.45) is 1.25. The molecule has 0 unspecified atom stereocenters. The summed E-state index contributed by atoms with van der Waals surface area (Å²) in [5, 5.41) is 8.78. The summed E-state index contributed by atoms with van der Waals surface area (Å²) in [4.78, 5) is 10.7. The Morgan fingerprint density at radius 1 is 1.38 bits per heavy atom. The highest BCUT2D eigenvalue weighted by atomic mass is 16.4. The van der Waals surface area contributed by atoms with Crippen LogP contribution >= 0.6 is 0 Å². The van der Waals surface area contributed by atoms with Crippen molar-refractivity contribution in [3.05, 3.63) is 35.4 Å². The monoisotopic (exact) mass is 221 g/mol. The number of carboxylic acids is 1. The van der Waals surface area contributed by atoms with Crippen molar-refractivity contribution in [3.63, 3.8) is 0 Å². The Morgan fingerprint density at radius 2 is 1.94 bits per heavy atom. The minimum Gasteiger partial charge on any atom is -0.481 e. The molecule has 0 fully saturated rings. The van der Waals surface area contributed by atoms with Gasteiger partial charge in [0.25, 0.3) is 0 Å². The van der Waals surface area contributed by atoms with Crippen molar-refractivity contribution >= 4 is 5.97 Å². The van der Waals surface area contributed by atoms with Crippen LogP contribution in [-0.4, -0.2) is 17.1 Å². The molecule has 0 aromatic heterocycles. The fourth-order valence-electron chi connectivity index (χ4n) is 1.67. The van der Waals surface area contributed by atoms with Crippen LogP contribution in [-0.2, 0) is 11.2 Å². The Bertz CT molecular complexity index is 345. The van der Waals surface area contributed by atoms with E-state index in [4.69, 9.17) is 10.8 Å². The SMILES string of the molecule is Cc1ccc(C[C@H](N)C[C@H](C)C(=O)O)cc1. The lowest BCUT2D eigenvalue weighted by molar-refractivity contribution is -0.141. The number of hydrogen-bond donors (Lipinski definition) is 2. The van der Waals surface area contributed by atoms with Crippen LogP contribution < -0.4 is 5.73 Å². The minimum absolute atomic E-state index is 0.0891. The standard InChI is InChI=1S/C13H19NO2/c1-9-3-5-11(6-4-9)8-12(14)7-10(2)13(15)16/h3-6,10,12H,7-8,14H2,1-2H3,(H,15,16)/t10-,12+/m0/s1. The number of benzene rings is 1. The quantitative estimate of drug-likeness (QED) is 0.799. The van der Waals surface area contributed by atoms with Crippen molar-refractivity contribution in [3.8, 4) is 0 Å².